The maximum atomic E-state index is 12.8. The normalized spacial score (nSPS) is 15.2. The fraction of sp³-hybridized carbons (Fsp3) is 0.474. The quantitative estimate of drug-likeness (QED) is 0.841. The van der Waals surface area contributed by atoms with Crippen molar-refractivity contribution in [1.82, 2.24) is 14.7 Å². The van der Waals surface area contributed by atoms with E-state index < -0.39 is 10.0 Å². The molecule has 7 nitrogen and oxygen atoms in total. The van der Waals surface area contributed by atoms with Gasteiger partial charge in [-0.05, 0) is 50.5 Å². The van der Waals surface area contributed by atoms with Crippen molar-refractivity contribution in [2.75, 3.05) is 31.2 Å². The molecule has 1 N–H and O–H groups in total. The van der Waals surface area contributed by atoms with Gasteiger partial charge in [-0.3, -0.25) is 0 Å². The molecular weight excluding hydrogens is 364 g/mol. The summed E-state index contributed by atoms with van der Waals surface area (Å²) in [6.45, 7) is 10.5. The van der Waals surface area contributed by atoms with E-state index in [1.807, 2.05) is 32.9 Å². The summed E-state index contributed by atoms with van der Waals surface area (Å²) in [5.74, 6) is 1.27. The van der Waals surface area contributed by atoms with Crippen LogP contribution in [-0.4, -0.2) is 44.7 Å². The summed E-state index contributed by atoms with van der Waals surface area (Å²) < 4.78 is 33.6. The van der Waals surface area contributed by atoms with Gasteiger partial charge >= 0.3 is 0 Å². The first-order chi connectivity index (χ1) is 12.8. The van der Waals surface area contributed by atoms with Gasteiger partial charge in [-0.1, -0.05) is 6.07 Å². The minimum atomic E-state index is -3.64. The molecule has 8 heteroatoms. The molecule has 0 aliphatic carbocycles. The lowest BCUT2D eigenvalue weighted by atomic mass is 10.1. The summed E-state index contributed by atoms with van der Waals surface area (Å²) in [6.07, 6.45) is 0. The third-order valence-electron chi connectivity index (χ3n) is 4.72. The van der Waals surface area contributed by atoms with Gasteiger partial charge in [-0.2, -0.15) is 0 Å². The van der Waals surface area contributed by atoms with E-state index >= 15 is 0 Å². The fourth-order valence-corrected chi connectivity index (χ4v) is 4.40. The van der Waals surface area contributed by atoms with Crippen molar-refractivity contribution < 1.29 is 13.2 Å². The van der Waals surface area contributed by atoms with Gasteiger partial charge in [0.2, 0.25) is 10.0 Å². The highest BCUT2D eigenvalue weighted by atomic mass is 32.2. The molecule has 2 heterocycles. The molecule has 1 fully saturated rings. The first-order valence-corrected chi connectivity index (χ1v) is 10.5. The number of hydrogen-bond acceptors (Lipinski definition) is 6. The molecule has 1 aliphatic rings. The zero-order chi connectivity index (χ0) is 19.6. The summed E-state index contributed by atoms with van der Waals surface area (Å²) in [7, 11) is -3.64. The van der Waals surface area contributed by atoms with Crippen LogP contribution in [0.25, 0.3) is 0 Å². The van der Waals surface area contributed by atoms with Crippen LogP contribution in [0.15, 0.2) is 23.1 Å². The number of morpholine rings is 1. The van der Waals surface area contributed by atoms with Gasteiger partial charge in [0, 0.05) is 24.8 Å². The Hall–Kier alpha value is -2.03. The largest absolute Gasteiger partial charge is 0.378 e. The predicted octanol–water partition coefficient (Wildman–Crippen LogP) is 2.03. The Morgan fingerprint density at radius 1 is 1.00 bits per heavy atom. The van der Waals surface area contributed by atoms with Gasteiger partial charge in [-0.25, -0.2) is 23.1 Å². The second kappa shape index (κ2) is 7.92. The molecule has 2 aromatic rings. The Kier molecular flexibility index (Phi) is 5.78. The van der Waals surface area contributed by atoms with Gasteiger partial charge in [0.25, 0.3) is 0 Å². The van der Waals surface area contributed by atoms with Crippen LogP contribution >= 0.6 is 0 Å². The molecule has 0 bridgehead atoms. The molecule has 1 saturated heterocycles. The molecule has 146 valence electrons. The highest BCUT2D eigenvalue weighted by molar-refractivity contribution is 7.89. The number of nitrogens with zero attached hydrogens (tertiary/aromatic N) is 3. The van der Waals surface area contributed by atoms with Gasteiger partial charge in [0.1, 0.15) is 11.6 Å². The van der Waals surface area contributed by atoms with Gasteiger partial charge in [-0.15, -0.1) is 0 Å². The summed E-state index contributed by atoms with van der Waals surface area (Å²) in [5, 5.41) is 0. The Bertz CT molecular complexity index is 938. The molecule has 27 heavy (non-hydrogen) atoms. The average Bonchev–Trinajstić information content (AvgIpc) is 2.63. The van der Waals surface area contributed by atoms with Crippen molar-refractivity contribution in [3.05, 3.63) is 46.4 Å². The molecule has 0 radical (unpaired) electrons. The fourth-order valence-electron chi connectivity index (χ4n) is 3.11. The zero-order valence-electron chi connectivity index (χ0n) is 16.2. The monoisotopic (exact) mass is 390 g/mol. The maximum Gasteiger partial charge on any atom is 0.241 e. The molecule has 1 aromatic heterocycles. The molecule has 1 aromatic carbocycles. The lowest BCUT2D eigenvalue weighted by Crippen LogP contribution is -2.37. The van der Waals surface area contributed by atoms with Crippen LogP contribution in [-0.2, 0) is 21.3 Å². The van der Waals surface area contributed by atoms with Crippen LogP contribution in [0.2, 0.25) is 0 Å². The topological polar surface area (TPSA) is 84.4 Å². The van der Waals surface area contributed by atoms with Gasteiger partial charge in [0.05, 0.1) is 24.7 Å². The van der Waals surface area contributed by atoms with E-state index in [2.05, 4.69) is 19.6 Å². The van der Waals surface area contributed by atoms with Crippen LogP contribution in [0.3, 0.4) is 0 Å². The number of aromatic nitrogens is 2. The highest BCUT2D eigenvalue weighted by Gasteiger charge is 2.19. The minimum absolute atomic E-state index is 0.0493. The minimum Gasteiger partial charge on any atom is -0.378 e. The van der Waals surface area contributed by atoms with E-state index in [-0.39, 0.29) is 6.54 Å². The van der Waals surface area contributed by atoms with Gasteiger partial charge in [0.15, 0.2) is 0 Å². The molecule has 3 rings (SSSR count). The summed E-state index contributed by atoms with van der Waals surface area (Å²) in [5.41, 5.74) is 3.55. The predicted molar refractivity (Wildman–Crippen MR) is 104 cm³/mol. The lowest BCUT2D eigenvalue weighted by Gasteiger charge is -2.28. The van der Waals surface area contributed by atoms with E-state index in [1.165, 1.54) is 0 Å². The van der Waals surface area contributed by atoms with Crippen LogP contribution < -0.4 is 9.62 Å². The number of hydrogen-bond donors (Lipinski definition) is 1. The van der Waals surface area contributed by atoms with E-state index in [0.717, 1.165) is 41.3 Å². The number of ether oxygens (including phenoxy) is 1. The number of rotatable bonds is 5. The number of anilines is 1. The van der Waals surface area contributed by atoms with Crippen molar-refractivity contribution in [3.63, 3.8) is 0 Å². The van der Waals surface area contributed by atoms with Crippen LogP contribution in [0.5, 0.6) is 0 Å². The zero-order valence-corrected chi connectivity index (χ0v) is 17.1. The second-order valence-electron chi connectivity index (χ2n) is 6.91. The smallest absolute Gasteiger partial charge is 0.241 e. The van der Waals surface area contributed by atoms with E-state index in [0.29, 0.717) is 23.9 Å². The summed E-state index contributed by atoms with van der Waals surface area (Å²) in [6, 6.07) is 5.52. The Labute approximate surface area is 160 Å². The number of aryl methyl sites for hydroxylation is 4. The Balaban J connectivity index is 1.79. The van der Waals surface area contributed by atoms with Crippen LogP contribution in [0.1, 0.15) is 28.2 Å². The summed E-state index contributed by atoms with van der Waals surface area (Å²) >= 11 is 0. The molecular formula is C19H26N4O3S. The van der Waals surface area contributed by atoms with Crippen LogP contribution in [0, 0.1) is 27.7 Å². The molecule has 0 spiro atoms. The molecule has 0 amide bonds. The SMILES string of the molecule is Cc1cc(N2CCOCC2)nc(CNS(=O)(=O)c2cc(C)c(C)cc2C)n1. The van der Waals surface area contributed by atoms with Crippen molar-refractivity contribution >= 4 is 15.8 Å². The second-order valence-corrected chi connectivity index (χ2v) is 8.65. The summed E-state index contributed by atoms with van der Waals surface area (Å²) in [4.78, 5) is 11.4. The Morgan fingerprint density at radius 3 is 2.37 bits per heavy atom. The number of nitrogens with one attached hydrogen (secondary N) is 1. The van der Waals surface area contributed by atoms with Gasteiger partial charge < -0.3 is 9.64 Å². The number of benzene rings is 1. The molecule has 0 atom stereocenters. The average molecular weight is 391 g/mol. The van der Waals surface area contributed by atoms with Crippen molar-refractivity contribution in [2.24, 2.45) is 0 Å². The van der Waals surface area contributed by atoms with Crippen LogP contribution in [0.4, 0.5) is 5.82 Å². The third-order valence-corrected chi connectivity index (χ3v) is 6.27. The third kappa shape index (κ3) is 4.63. The van der Waals surface area contributed by atoms with E-state index in [4.69, 9.17) is 4.74 Å². The lowest BCUT2D eigenvalue weighted by molar-refractivity contribution is 0.122. The van der Waals surface area contributed by atoms with E-state index in [9.17, 15) is 8.42 Å². The van der Waals surface area contributed by atoms with Crippen molar-refractivity contribution in [2.45, 2.75) is 39.1 Å². The molecule has 1 aliphatic heterocycles. The molecule has 0 saturated carbocycles. The standard InChI is InChI=1S/C19H26N4O3S/c1-13-9-15(3)17(10-14(13)2)27(24,25)20-12-18-21-16(4)11-19(22-18)23-5-7-26-8-6-23/h9-11,20H,5-8,12H2,1-4H3. The molecule has 0 unspecified atom stereocenters. The maximum absolute atomic E-state index is 12.8. The highest BCUT2D eigenvalue weighted by Crippen LogP contribution is 2.20. The van der Waals surface area contributed by atoms with Crippen molar-refractivity contribution in [1.29, 1.82) is 0 Å². The first-order valence-electron chi connectivity index (χ1n) is 9.01. The first kappa shape index (κ1) is 19.7. The number of sulfonamides is 1. The van der Waals surface area contributed by atoms with Crippen molar-refractivity contribution in [3.8, 4) is 0 Å². The van der Waals surface area contributed by atoms with E-state index in [1.54, 1.807) is 13.0 Å². The Morgan fingerprint density at radius 2 is 1.67 bits per heavy atom.